The number of hydrogen-bond donors (Lipinski definition) is 2. The summed E-state index contributed by atoms with van der Waals surface area (Å²) in [5.74, 6) is 0.782. The van der Waals surface area contributed by atoms with Gasteiger partial charge in [0.25, 0.3) is 0 Å². The quantitative estimate of drug-likeness (QED) is 0.850. The normalized spacial score (nSPS) is 12.0. The molecule has 0 fully saturated rings. The van der Waals surface area contributed by atoms with E-state index in [1.807, 2.05) is 20.8 Å². The zero-order valence-corrected chi connectivity index (χ0v) is 14.8. The molecule has 2 rings (SSSR count). The molecule has 1 aromatic carbocycles. The lowest BCUT2D eigenvalue weighted by Crippen LogP contribution is -2.41. The van der Waals surface area contributed by atoms with Gasteiger partial charge in [0.15, 0.2) is 0 Å². The Labute approximate surface area is 145 Å². The molecule has 1 unspecified atom stereocenters. The van der Waals surface area contributed by atoms with Gasteiger partial charge in [-0.3, -0.25) is 0 Å². The fourth-order valence-corrected chi connectivity index (χ4v) is 2.74. The molecule has 0 aliphatic rings. The number of rotatable bonds is 5. The van der Waals surface area contributed by atoms with Gasteiger partial charge in [-0.2, -0.15) is 0 Å². The van der Waals surface area contributed by atoms with E-state index < -0.39 is 0 Å². The Morgan fingerprint density at radius 2 is 2.09 bits per heavy atom. The third-order valence-electron chi connectivity index (χ3n) is 3.52. The average molecular weight is 356 g/mol. The number of carbonyl (C=O) groups is 1. The van der Waals surface area contributed by atoms with Gasteiger partial charge in [-0.1, -0.05) is 34.4 Å². The van der Waals surface area contributed by atoms with Gasteiger partial charge in [0, 0.05) is 28.2 Å². The smallest absolute Gasteiger partial charge is 0.315 e. The minimum atomic E-state index is -0.254. The topological polar surface area (TPSA) is 67.2 Å². The van der Waals surface area contributed by atoms with Crippen molar-refractivity contribution in [1.82, 2.24) is 15.8 Å². The average Bonchev–Trinajstić information content (AvgIpc) is 2.78. The summed E-state index contributed by atoms with van der Waals surface area (Å²) in [4.78, 5) is 12.0. The Morgan fingerprint density at radius 1 is 1.35 bits per heavy atom. The highest BCUT2D eigenvalue weighted by molar-refractivity contribution is 6.35. The Balaban J connectivity index is 1.84. The van der Waals surface area contributed by atoms with Crippen LogP contribution in [0.15, 0.2) is 22.7 Å². The van der Waals surface area contributed by atoms with Gasteiger partial charge in [-0.05, 0) is 44.9 Å². The van der Waals surface area contributed by atoms with Crippen LogP contribution in [0.4, 0.5) is 4.79 Å². The van der Waals surface area contributed by atoms with E-state index in [-0.39, 0.29) is 12.1 Å². The number of halogens is 2. The van der Waals surface area contributed by atoms with E-state index in [1.165, 1.54) is 0 Å². The number of aryl methyl sites for hydroxylation is 2. The van der Waals surface area contributed by atoms with Crippen LogP contribution < -0.4 is 10.6 Å². The van der Waals surface area contributed by atoms with E-state index in [2.05, 4.69) is 15.8 Å². The largest absolute Gasteiger partial charge is 0.361 e. The van der Waals surface area contributed by atoms with E-state index in [1.54, 1.807) is 18.2 Å². The van der Waals surface area contributed by atoms with Crippen molar-refractivity contribution in [3.63, 3.8) is 0 Å². The third kappa shape index (κ3) is 4.88. The molecule has 0 spiro atoms. The Bertz CT molecular complexity index is 681. The number of carbonyl (C=O) groups excluding carboxylic acids is 1. The first-order chi connectivity index (χ1) is 10.9. The zero-order valence-electron chi connectivity index (χ0n) is 13.2. The molecule has 1 aromatic heterocycles. The van der Waals surface area contributed by atoms with Crippen LogP contribution >= 0.6 is 23.2 Å². The first kappa shape index (κ1) is 17.6. The summed E-state index contributed by atoms with van der Waals surface area (Å²) in [6.45, 7) is 6.02. The van der Waals surface area contributed by atoms with Crippen LogP contribution in [0.2, 0.25) is 10.0 Å². The van der Waals surface area contributed by atoms with Gasteiger partial charge in [0.2, 0.25) is 0 Å². The van der Waals surface area contributed by atoms with Crippen molar-refractivity contribution >= 4 is 29.2 Å². The van der Waals surface area contributed by atoms with Crippen molar-refractivity contribution in [2.75, 3.05) is 0 Å². The maximum absolute atomic E-state index is 12.0. The van der Waals surface area contributed by atoms with Crippen molar-refractivity contribution in [3.05, 3.63) is 50.8 Å². The Hall–Kier alpha value is -1.72. The maximum atomic E-state index is 12.0. The van der Waals surface area contributed by atoms with Gasteiger partial charge in [0.05, 0.1) is 5.69 Å². The molecule has 0 bridgehead atoms. The van der Waals surface area contributed by atoms with E-state index in [4.69, 9.17) is 27.7 Å². The minimum Gasteiger partial charge on any atom is -0.361 e. The van der Waals surface area contributed by atoms with Gasteiger partial charge in [-0.15, -0.1) is 0 Å². The lowest BCUT2D eigenvalue weighted by atomic mass is 10.1. The summed E-state index contributed by atoms with van der Waals surface area (Å²) in [6.07, 6.45) is 0.663. The van der Waals surface area contributed by atoms with Gasteiger partial charge in [-0.25, -0.2) is 4.79 Å². The van der Waals surface area contributed by atoms with Crippen molar-refractivity contribution < 1.29 is 9.32 Å². The number of benzene rings is 1. The van der Waals surface area contributed by atoms with Crippen LogP contribution in [-0.2, 0) is 13.0 Å². The second-order valence-electron chi connectivity index (χ2n) is 5.47. The summed E-state index contributed by atoms with van der Waals surface area (Å²) in [5, 5.41) is 10.7. The van der Waals surface area contributed by atoms with E-state index in [0.717, 1.165) is 22.6 Å². The monoisotopic (exact) mass is 355 g/mol. The number of nitrogens with zero attached hydrogens (tertiary/aromatic N) is 1. The highest BCUT2D eigenvalue weighted by Crippen LogP contribution is 2.20. The van der Waals surface area contributed by atoms with E-state index >= 15 is 0 Å². The SMILES string of the molecule is Cc1noc(C)c1CC(C)NC(=O)NCc1ccc(Cl)cc1Cl. The molecule has 0 saturated heterocycles. The fraction of sp³-hybridized carbons (Fsp3) is 0.375. The number of urea groups is 1. The predicted molar refractivity (Wildman–Crippen MR) is 91.0 cm³/mol. The third-order valence-corrected chi connectivity index (χ3v) is 4.11. The molecule has 1 atom stereocenters. The molecule has 2 aromatic rings. The standard InChI is InChI=1S/C16H19Cl2N3O2/c1-9(6-14-10(2)21-23-11(14)3)20-16(22)19-8-12-4-5-13(17)7-15(12)18/h4-5,7,9H,6,8H2,1-3H3,(H2,19,20,22). The van der Waals surface area contributed by atoms with Crippen LogP contribution in [0, 0.1) is 13.8 Å². The summed E-state index contributed by atoms with van der Waals surface area (Å²) in [6, 6.07) is 4.88. The maximum Gasteiger partial charge on any atom is 0.315 e. The minimum absolute atomic E-state index is 0.0486. The molecule has 23 heavy (non-hydrogen) atoms. The summed E-state index contributed by atoms with van der Waals surface area (Å²) in [7, 11) is 0. The second kappa shape index (κ2) is 7.70. The van der Waals surface area contributed by atoms with Crippen molar-refractivity contribution in [2.24, 2.45) is 0 Å². The van der Waals surface area contributed by atoms with Gasteiger partial charge in [0.1, 0.15) is 5.76 Å². The molecular weight excluding hydrogens is 337 g/mol. The molecule has 0 aliphatic heterocycles. The van der Waals surface area contributed by atoms with Crippen LogP contribution in [0.3, 0.4) is 0 Å². The summed E-state index contributed by atoms with van der Waals surface area (Å²) >= 11 is 11.9. The molecule has 2 N–H and O–H groups in total. The number of nitrogens with one attached hydrogen (secondary N) is 2. The fourth-order valence-electron chi connectivity index (χ4n) is 2.27. The predicted octanol–water partition coefficient (Wildman–Crippen LogP) is 4.03. The highest BCUT2D eigenvalue weighted by Gasteiger charge is 2.14. The lowest BCUT2D eigenvalue weighted by molar-refractivity contribution is 0.237. The molecule has 0 aliphatic carbocycles. The summed E-state index contributed by atoms with van der Waals surface area (Å²) in [5.41, 5.74) is 2.69. The van der Waals surface area contributed by atoms with Crippen molar-refractivity contribution in [1.29, 1.82) is 0 Å². The molecule has 0 saturated carbocycles. The molecule has 0 radical (unpaired) electrons. The Morgan fingerprint density at radius 3 is 2.70 bits per heavy atom. The molecule has 1 heterocycles. The van der Waals surface area contributed by atoms with Crippen molar-refractivity contribution in [3.8, 4) is 0 Å². The number of aromatic nitrogens is 1. The molecular formula is C16H19Cl2N3O2. The molecule has 5 nitrogen and oxygen atoms in total. The number of hydrogen-bond acceptors (Lipinski definition) is 3. The first-order valence-electron chi connectivity index (χ1n) is 7.27. The molecule has 2 amide bonds. The van der Waals surface area contributed by atoms with Crippen LogP contribution in [0.5, 0.6) is 0 Å². The first-order valence-corrected chi connectivity index (χ1v) is 8.02. The molecule has 124 valence electrons. The summed E-state index contributed by atoms with van der Waals surface area (Å²) < 4.78 is 5.13. The van der Waals surface area contributed by atoms with Crippen LogP contribution in [0.1, 0.15) is 29.5 Å². The van der Waals surface area contributed by atoms with E-state index in [9.17, 15) is 4.79 Å². The van der Waals surface area contributed by atoms with Gasteiger partial charge >= 0.3 is 6.03 Å². The van der Waals surface area contributed by atoms with E-state index in [0.29, 0.717) is 23.0 Å². The lowest BCUT2D eigenvalue weighted by Gasteiger charge is -2.15. The van der Waals surface area contributed by atoms with Gasteiger partial charge < -0.3 is 15.2 Å². The highest BCUT2D eigenvalue weighted by atomic mass is 35.5. The second-order valence-corrected chi connectivity index (χ2v) is 6.31. The molecule has 7 heteroatoms. The van der Waals surface area contributed by atoms with Crippen LogP contribution in [0.25, 0.3) is 0 Å². The van der Waals surface area contributed by atoms with Crippen molar-refractivity contribution in [2.45, 2.75) is 39.8 Å². The van der Waals surface area contributed by atoms with Crippen LogP contribution in [-0.4, -0.2) is 17.2 Å². The number of amides is 2. The Kier molecular flexibility index (Phi) is 5.91. The zero-order chi connectivity index (χ0) is 17.0.